The molecule has 0 aliphatic carbocycles. The Kier molecular flexibility index (Phi) is 5.95. The van der Waals surface area contributed by atoms with Crippen LogP contribution in [0.3, 0.4) is 0 Å². The average molecular weight is 379 g/mol. The second-order valence-corrected chi connectivity index (χ2v) is 6.65. The van der Waals surface area contributed by atoms with Gasteiger partial charge in [-0.1, -0.05) is 11.6 Å². The van der Waals surface area contributed by atoms with Gasteiger partial charge in [0.25, 0.3) is 5.91 Å². The summed E-state index contributed by atoms with van der Waals surface area (Å²) in [7, 11) is 0. The molecule has 1 aliphatic heterocycles. The quantitative estimate of drug-likeness (QED) is 0.742. The number of hydrogen-bond donors (Lipinski definition) is 3. The third kappa shape index (κ3) is 4.85. The number of alkyl halides is 3. The number of hydrogen-bond acceptors (Lipinski definition) is 2. The van der Waals surface area contributed by atoms with E-state index in [-0.39, 0.29) is 22.5 Å². The molecular weight excluding hydrogens is 359 g/mol. The SMILES string of the molecule is C[C@@H](C(=O)Nc1cc(C(F)(F)F)ccc1Cl)[NH+]1CCC(C(N)=O)CC1. The molecule has 0 saturated carbocycles. The predicted octanol–water partition coefficient (Wildman–Crippen LogP) is 1.47. The van der Waals surface area contributed by atoms with Gasteiger partial charge in [0.2, 0.25) is 5.91 Å². The molecule has 9 heteroatoms. The lowest BCUT2D eigenvalue weighted by molar-refractivity contribution is -0.919. The van der Waals surface area contributed by atoms with Crippen molar-refractivity contribution in [2.45, 2.75) is 32.0 Å². The molecule has 2 rings (SSSR count). The zero-order valence-electron chi connectivity index (χ0n) is 13.6. The fourth-order valence-electron chi connectivity index (χ4n) is 2.93. The molecule has 5 nitrogen and oxygen atoms in total. The Labute approximate surface area is 148 Å². The molecule has 1 heterocycles. The maximum Gasteiger partial charge on any atom is 0.416 e. The molecule has 0 spiro atoms. The van der Waals surface area contributed by atoms with Crippen LogP contribution in [-0.4, -0.2) is 30.9 Å². The van der Waals surface area contributed by atoms with Crippen LogP contribution in [0, 0.1) is 5.92 Å². The topological polar surface area (TPSA) is 76.6 Å². The fourth-order valence-corrected chi connectivity index (χ4v) is 3.09. The number of quaternary nitrogens is 1. The first-order valence-electron chi connectivity index (χ1n) is 7.91. The largest absolute Gasteiger partial charge is 0.416 e. The van der Waals surface area contributed by atoms with Gasteiger partial charge in [0.1, 0.15) is 0 Å². The molecule has 1 atom stereocenters. The second-order valence-electron chi connectivity index (χ2n) is 6.24. The highest BCUT2D eigenvalue weighted by molar-refractivity contribution is 6.33. The highest BCUT2D eigenvalue weighted by Crippen LogP contribution is 2.33. The number of rotatable bonds is 4. The fraction of sp³-hybridized carbons (Fsp3) is 0.500. The van der Waals surface area contributed by atoms with Gasteiger partial charge in [-0.3, -0.25) is 9.59 Å². The van der Waals surface area contributed by atoms with Crippen molar-refractivity contribution < 1.29 is 27.7 Å². The summed E-state index contributed by atoms with van der Waals surface area (Å²) in [5.41, 5.74) is 4.33. The van der Waals surface area contributed by atoms with Crippen LogP contribution < -0.4 is 16.0 Å². The summed E-state index contributed by atoms with van der Waals surface area (Å²) in [5, 5.41) is 2.51. The highest BCUT2D eigenvalue weighted by atomic mass is 35.5. The molecular formula is C16H20ClF3N3O2+. The Morgan fingerprint density at radius 3 is 2.44 bits per heavy atom. The summed E-state index contributed by atoms with van der Waals surface area (Å²) in [4.78, 5) is 24.5. The maximum atomic E-state index is 12.8. The number of carbonyl (C=O) groups is 2. The Morgan fingerprint density at radius 1 is 1.32 bits per heavy atom. The van der Waals surface area contributed by atoms with Gasteiger partial charge in [0.15, 0.2) is 6.04 Å². The van der Waals surface area contributed by atoms with E-state index in [4.69, 9.17) is 17.3 Å². The lowest BCUT2D eigenvalue weighted by Crippen LogP contribution is -3.17. The molecule has 4 N–H and O–H groups in total. The van der Waals surface area contributed by atoms with Crippen molar-refractivity contribution >= 4 is 29.1 Å². The molecule has 2 amide bonds. The van der Waals surface area contributed by atoms with E-state index in [1.165, 1.54) is 0 Å². The van der Waals surface area contributed by atoms with E-state index in [9.17, 15) is 22.8 Å². The minimum absolute atomic E-state index is 0.0380. The lowest BCUT2D eigenvalue weighted by Gasteiger charge is -2.31. The third-order valence-electron chi connectivity index (χ3n) is 4.59. The van der Waals surface area contributed by atoms with Crippen molar-refractivity contribution in [2.75, 3.05) is 18.4 Å². The monoisotopic (exact) mass is 378 g/mol. The van der Waals surface area contributed by atoms with Crippen molar-refractivity contribution in [1.29, 1.82) is 0 Å². The van der Waals surface area contributed by atoms with E-state index in [2.05, 4.69) is 5.32 Å². The smallest absolute Gasteiger partial charge is 0.369 e. The zero-order valence-corrected chi connectivity index (χ0v) is 14.4. The van der Waals surface area contributed by atoms with Crippen LogP contribution in [0.2, 0.25) is 5.02 Å². The number of primary amides is 1. The van der Waals surface area contributed by atoms with Crippen molar-refractivity contribution in [3.05, 3.63) is 28.8 Å². The predicted molar refractivity (Wildman–Crippen MR) is 87.2 cm³/mol. The Morgan fingerprint density at radius 2 is 1.92 bits per heavy atom. The summed E-state index contributed by atoms with van der Waals surface area (Å²) in [6.45, 7) is 2.88. The van der Waals surface area contributed by atoms with Crippen LogP contribution in [0.15, 0.2) is 18.2 Å². The molecule has 0 bridgehead atoms. The van der Waals surface area contributed by atoms with Crippen LogP contribution in [0.1, 0.15) is 25.3 Å². The molecule has 1 aliphatic rings. The van der Waals surface area contributed by atoms with Gasteiger partial charge in [-0.05, 0) is 25.1 Å². The van der Waals surface area contributed by atoms with E-state index in [1.807, 2.05) is 0 Å². The Bertz CT molecular complexity index is 659. The number of amides is 2. The van der Waals surface area contributed by atoms with Gasteiger partial charge in [-0.15, -0.1) is 0 Å². The first-order chi connectivity index (χ1) is 11.6. The normalized spacial score (nSPS) is 22.3. The van der Waals surface area contributed by atoms with Gasteiger partial charge in [-0.2, -0.15) is 13.2 Å². The van der Waals surface area contributed by atoms with E-state index in [0.717, 1.165) is 23.1 Å². The lowest BCUT2D eigenvalue weighted by atomic mass is 9.95. The number of nitrogens with two attached hydrogens (primary N) is 1. The number of piperidine rings is 1. The summed E-state index contributed by atoms with van der Waals surface area (Å²) in [5.74, 6) is -0.947. The van der Waals surface area contributed by atoms with E-state index < -0.39 is 23.7 Å². The molecule has 0 radical (unpaired) electrons. The number of anilines is 1. The van der Waals surface area contributed by atoms with E-state index in [1.54, 1.807) is 6.92 Å². The molecule has 1 aromatic carbocycles. The average Bonchev–Trinajstić information content (AvgIpc) is 2.55. The number of likely N-dealkylation sites (tertiary alicyclic amines) is 1. The summed E-state index contributed by atoms with van der Waals surface area (Å²) >= 11 is 5.89. The molecule has 25 heavy (non-hydrogen) atoms. The zero-order chi connectivity index (χ0) is 18.8. The minimum Gasteiger partial charge on any atom is -0.369 e. The number of halogens is 4. The van der Waals surface area contributed by atoms with Crippen LogP contribution in [0.5, 0.6) is 0 Å². The Hall–Kier alpha value is -1.80. The number of carbonyl (C=O) groups excluding carboxylic acids is 2. The van der Waals surface area contributed by atoms with Gasteiger partial charge in [-0.25, -0.2) is 0 Å². The highest BCUT2D eigenvalue weighted by Gasteiger charge is 2.33. The van der Waals surface area contributed by atoms with Crippen LogP contribution >= 0.6 is 11.6 Å². The van der Waals surface area contributed by atoms with Gasteiger partial charge in [0, 0.05) is 18.8 Å². The van der Waals surface area contributed by atoms with Gasteiger partial charge in [0.05, 0.1) is 29.4 Å². The van der Waals surface area contributed by atoms with Crippen molar-refractivity contribution in [3.63, 3.8) is 0 Å². The van der Waals surface area contributed by atoms with Crippen LogP contribution in [-0.2, 0) is 15.8 Å². The van der Waals surface area contributed by atoms with E-state index >= 15 is 0 Å². The summed E-state index contributed by atoms with van der Waals surface area (Å²) in [6, 6.07) is 2.30. The van der Waals surface area contributed by atoms with E-state index in [0.29, 0.717) is 25.9 Å². The van der Waals surface area contributed by atoms with Gasteiger partial charge >= 0.3 is 6.18 Å². The van der Waals surface area contributed by atoms with Crippen molar-refractivity contribution in [1.82, 2.24) is 0 Å². The molecule has 138 valence electrons. The van der Waals surface area contributed by atoms with Gasteiger partial charge < -0.3 is 16.0 Å². The first kappa shape index (κ1) is 19.5. The summed E-state index contributed by atoms with van der Waals surface area (Å²) < 4.78 is 38.4. The number of benzene rings is 1. The van der Waals surface area contributed by atoms with Crippen LogP contribution in [0.25, 0.3) is 0 Å². The molecule has 1 fully saturated rings. The second kappa shape index (κ2) is 7.61. The molecule has 0 aromatic heterocycles. The molecule has 1 aromatic rings. The molecule has 0 unspecified atom stereocenters. The van der Waals surface area contributed by atoms with Crippen LogP contribution in [0.4, 0.5) is 18.9 Å². The molecule has 1 saturated heterocycles. The Balaban J connectivity index is 2.03. The van der Waals surface area contributed by atoms with Crippen molar-refractivity contribution in [2.24, 2.45) is 11.7 Å². The number of nitrogens with one attached hydrogen (secondary N) is 2. The maximum absolute atomic E-state index is 12.8. The summed E-state index contributed by atoms with van der Waals surface area (Å²) in [6.07, 6.45) is -3.34. The minimum atomic E-state index is -4.52. The third-order valence-corrected chi connectivity index (χ3v) is 4.92. The first-order valence-corrected chi connectivity index (χ1v) is 8.29. The standard InChI is InChI=1S/C16H19ClF3N3O2/c1-9(23-6-4-10(5-7-23)14(21)24)15(25)22-13-8-11(16(18,19)20)2-3-12(13)17/h2-3,8-10H,4-7H2,1H3,(H2,21,24)(H,22,25)/p+1/t9-/m0/s1. The van der Waals surface area contributed by atoms with Crippen molar-refractivity contribution in [3.8, 4) is 0 Å².